The minimum atomic E-state index is 0.151. The summed E-state index contributed by atoms with van der Waals surface area (Å²) in [5.74, 6) is 4.05. The second kappa shape index (κ2) is 12.0. The third kappa shape index (κ3) is 5.80. The van der Waals surface area contributed by atoms with Crippen LogP contribution in [0.3, 0.4) is 0 Å². The molecule has 0 aromatic rings. The van der Waals surface area contributed by atoms with Crippen LogP contribution in [0.15, 0.2) is 0 Å². The van der Waals surface area contributed by atoms with Crippen molar-refractivity contribution >= 4 is 5.91 Å². The van der Waals surface area contributed by atoms with Crippen molar-refractivity contribution < 1.29 is 4.79 Å². The van der Waals surface area contributed by atoms with E-state index in [9.17, 15) is 4.79 Å². The smallest absolute Gasteiger partial charge is 0.226 e. The average Bonchev–Trinajstić information content (AvgIpc) is 3.32. The molecule has 3 saturated heterocycles. The van der Waals surface area contributed by atoms with E-state index in [2.05, 4.69) is 46.4 Å². The third-order valence-electron chi connectivity index (χ3n) is 10.6. The summed E-state index contributed by atoms with van der Waals surface area (Å²) in [6.07, 6.45) is 13.2. The van der Waals surface area contributed by atoms with E-state index in [-0.39, 0.29) is 12.1 Å². The molecule has 0 radical (unpaired) electrons. The van der Waals surface area contributed by atoms with E-state index in [1.165, 1.54) is 57.8 Å². The molecule has 0 bridgehead atoms. The molecule has 4 N–H and O–H groups in total. The van der Waals surface area contributed by atoms with Gasteiger partial charge in [-0.3, -0.25) is 15.5 Å². The van der Waals surface area contributed by atoms with E-state index in [0.29, 0.717) is 29.8 Å². The van der Waals surface area contributed by atoms with Crippen LogP contribution in [0.4, 0.5) is 0 Å². The van der Waals surface area contributed by atoms with Gasteiger partial charge in [-0.2, -0.15) is 0 Å². The zero-order valence-electron chi connectivity index (χ0n) is 23.3. The average molecular weight is 503 g/mol. The van der Waals surface area contributed by atoms with Crippen LogP contribution >= 0.6 is 0 Å². The van der Waals surface area contributed by atoms with E-state index < -0.39 is 0 Å². The first kappa shape index (κ1) is 26.9. The van der Waals surface area contributed by atoms with E-state index in [0.717, 1.165) is 63.4 Å². The number of fused-ring (bicyclic) bond motifs is 2. The van der Waals surface area contributed by atoms with Crippen LogP contribution in [0.2, 0.25) is 0 Å². The molecular weight excluding hydrogens is 448 g/mol. The molecule has 8 unspecified atom stereocenters. The van der Waals surface area contributed by atoms with Crippen molar-refractivity contribution in [3.05, 3.63) is 0 Å². The van der Waals surface area contributed by atoms with Crippen molar-refractivity contribution in [2.75, 3.05) is 46.3 Å². The maximum atomic E-state index is 14.2. The number of hydrogen-bond donors (Lipinski definition) is 3. The molecule has 3 aliphatic heterocycles. The molecule has 0 aromatic carbocycles. The lowest BCUT2D eigenvalue weighted by atomic mass is 9.70. The summed E-state index contributed by atoms with van der Waals surface area (Å²) in [7, 11) is 2.22. The Labute approximate surface area is 220 Å². The highest BCUT2D eigenvalue weighted by atomic mass is 16.2. The van der Waals surface area contributed by atoms with Gasteiger partial charge in [-0.05, 0) is 83.1 Å². The molecule has 5 fully saturated rings. The summed E-state index contributed by atoms with van der Waals surface area (Å²) >= 11 is 0. The standard InChI is InChI=1S/C29H54N6O/c1-20(2)35-28-26(17-31-35)25(29(36)34-13-11-22-8-4-5-9-24(22)19-34)16-27(32-28)23-10-6-7-21(15-23)18-33(3)14-12-30/h20-28,31-32H,4-19,30H2,1-3H3. The van der Waals surface area contributed by atoms with E-state index >= 15 is 0 Å². The van der Waals surface area contributed by atoms with Gasteiger partial charge >= 0.3 is 0 Å². The lowest BCUT2D eigenvalue weighted by molar-refractivity contribution is -0.143. The molecule has 7 heteroatoms. The Kier molecular flexibility index (Phi) is 8.94. The van der Waals surface area contributed by atoms with Gasteiger partial charge in [0.2, 0.25) is 5.91 Å². The molecule has 2 saturated carbocycles. The van der Waals surface area contributed by atoms with Crippen LogP contribution in [0.1, 0.15) is 78.1 Å². The first-order valence-electron chi connectivity index (χ1n) is 15.4. The molecule has 36 heavy (non-hydrogen) atoms. The van der Waals surface area contributed by atoms with E-state index in [1.807, 2.05) is 0 Å². The number of piperidine rings is 2. The zero-order chi connectivity index (χ0) is 25.2. The molecule has 3 heterocycles. The monoisotopic (exact) mass is 502 g/mol. The quantitative estimate of drug-likeness (QED) is 0.497. The van der Waals surface area contributed by atoms with Crippen molar-refractivity contribution in [1.82, 2.24) is 25.6 Å². The Hall–Kier alpha value is -0.730. The Bertz CT molecular complexity index is 733. The fraction of sp³-hybridized carbons (Fsp3) is 0.966. The van der Waals surface area contributed by atoms with Gasteiger partial charge in [-0.15, -0.1) is 0 Å². The lowest BCUT2D eigenvalue weighted by Crippen LogP contribution is -2.62. The number of nitrogens with zero attached hydrogens (tertiary/aromatic N) is 3. The summed E-state index contributed by atoms with van der Waals surface area (Å²) in [6, 6.07) is 0.861. The number of likely N-dealkylation sites (tertiary alicyclic amines) is 1. The van der Waals surface area contributed by atoms with Gasteiger partial charge in [0, 0.05) is 63.2 Å². The Morgan fingerprint density at radius 3 is 2.58 bits per heavy atom. The predicted octanol–water partition coefficient (Wildman–Crippen LogP) is 2.87. The number of nitrogens with two attached hydrogens (primary N) is 1. The van der Waals surface area contributed by atoms with Crippen LogP contribution in [0, 0.1) is 35.5 Å². The molecule has 2 aliphatic carbocycles. The normalized spacial score (nSPS) is 39.9. The van der Waals surface area contributed by atoms with Gasteiger partial charge in [0.15, 0.2) is 0 Å². The highest BCUT2D eigenvalue weighted by Gasteiger charge is 2.50. The van der Waals surface area contributed by atoms with Gasteiger partial charge in [-0.25, -0.2) is 5.01 Å². The Morgan fingerprint density at radius 1 is 1.03 bits per heavy atom. The van der Waals surface area contributed by atoms with Crippen LogP contribution in [0.5, 0.6) is 0 Å². The summed E-state index contributed by atoms with van der Waals surface area (Å²) in [5, 5.41) is 6.52. The fourth-order valence-corrected chi connectivity index (χ4v) is 8.70. The second-order valence-electron chi connectivity index (χ2n) is 13.3. The van der Waals surface area contributed by atoms with Crippen LogP contribution < -0.4 is 16.5 Å². The summed E-state index contributed by atoms with van der Waals surface area (Å²) in [6.45, 7) is 10.4. The Morgan fingerprint density at radius 2 is 1.81 bits per heavy atom. The Balaban J connectivity index is 1.29. The molecule has 7 nitrogen and oxygen atoms in total. The summed E-state index contributed by atoms with van der Waals surface area (Å²) in [5.41, 5.74) is 9.49. The first-order valence-corrected chi connectivity index (χ1v) is 15.4. The number of carbonyl (C=O) groups excluding carboxylic acids is 1. The number of hydrogen-bond acceptors (Lipinski definition) is 6. The number of nitrogens with one attached hydrogen (secondary N) is 2. The molecule has 0 spiro atoms. The third-order valence-corrected chi connectivity index (χ3v) is 10.6. The molecule has 206 valence electrons. The van der Waals surface area contributed by atoms with Gasteiger partial charge < -0.3 is 15.5 Å². The van der Waals surface area contributed by atoms with Gasteiger partial charge in [0.1, 0.15) is 0 Å². The lowest BCUT2D eigenvalue weighted by Gasteiger charge is -2.48. The highest BCUT2D eigenvalue weighted by Crippen LogP contribution is 2.42. The summed E-state index contributed by atoms with van der Waals surface area (Å²) < 4.78 is 0. The van der Waals surface area contributed by atoms with Crippen LogP contribution in [-0.2, 0) is 4.79 Å². The topological polar surface area (TPSA) is 76.9 Å². The highest BCUT2D eigenvalue weighted by molar-refractivity contribution is 5.79. The van der Waals surface area contributed by atoms with E-state index in [1.54, 1.807) is 0 Å². The molecular formula is C29H54N6O. The predicted molar refractivity (Wildman–Crippen MR) is 146 cm³/mol. The molecule has 5 aliphatic rings. The first-order chi connectivity index (χ1) is 17.4. The maximum absolute atomic E-state index is 14.2. The van der Waals surface area contributed by atoms with E-state index in [4.69, 9.17) is 5.73 Å². The maximum Gasteiger partial charge on any atom is 0.226 e. The van der Waals surface area contributed by atoms with Crippen molar-refractivity contribution in [3.63, 3.8) is 0 Å². The number of amides is 1. The van der Waals surface area contributed by atoms with Crippen molar-refractivity contribution in [3.8, 4) is 0 Å². The van der Waals surface area contributed by atoms with Crippen molar-refractivity contribution in [2.24, 2.45) is 41.2 Å². The number of hydrazine groups is 1. The SMILES string of the molecule is CC(C)N1NCC2C(C(=O)N3CCC4CCCCC4C3)CC(C3CCCC(CN(C)CCN)C3)NC21. The number of likely N-dealkylation sites (N-methyl/N-ethyl adjacent to an activating group) is 1. The minimum Gasteiger partial charge on any atom is -0.342 e. The minimum absolute atomic E-state index is 0.151. The molecule has 5 rings (SSSR count). The van der Waals surface area contributed by atoms with Gasteiger partial charge in [0.25, 0.3) is 0 Å². The van der Waals surface area contributed by atoms with Crippen LogP contribution in [-0.4, -0.2) is 85.3 Å². The summed E-state index contributed by atoms with van der Waals surface area (Å²) in [4.78, 5) is 18.9. The van der Waals surface area contributed by atoms with Crippen molar-refractivity contribution in [2.45, 2.75) is 96.3 Å². The van der Waals surface area contributed by atoms with Gasteiger partial charge in [0.05, 0.1) is 6.17 Å². The van der Waals surface area contributed by atoms with Crippen molar-refractivity contribution in [1.29, 1.82) is 0 Å². The van der Waals surface area contributed by atoms with Crippen LogP contribution in [0.25, 0.3) is 0 Å². The molecule has 8 atom stereocenters. The number of rotatable bonds is 7. The zero-order valence-corrected chi connectivity index (χ0v) is 23.3. The largest absolute Gasteiger partial charge is 0.342 e. The number of carbonyl (C=O) groups is 1. The fourth-order valence-electron chi connectivity index (χ4n) is 8.70. The molecule has 0 aromatic heterocycles. The van der Waals surface area contributed by atoms with Gasteiger partial charge in [-0.1, -0.05) is 25.7 Å². The molecule has 1 amide bonds. The second-order valence-corrected chi connectivity index (χ2v) is 13.3.